The third-order valence-electron chi connectivity index (χ3n) is 4.61. The molecule has 2 aromatic carbocycles. The first-order valence-electron chi connectivity index (χ1n) is 9.08. The molecule has 0 saturated carbocycles. The number of benzene rings is 2. The van der Waals surface area contributed by atoms with Gasteiger partial charge in [0, 0.05) is 16.3 Å². The molecule has 5 aromatic rings. The maximum absolute atomic E-state index is 12.5. The molecule has 0 aliphatic rings. The van der Waals surface area contributed by atoms with E-state index >= 15 is 0 Å². The molecule has 0 radical (unpaired) electrons. The van der Waals surface area contributed by atoms with Gasteiger partial charge in [-0.1, -0.05) is 23.2 Å². The Morgan fingerprint density at radius 3 is 2.50 bits per heavy atom. The van der Waals surface area contributed by atoms with Crippen LogP contribution in [-0.2, 0) is 10.0 Å². The minimum absolute atomic E-state index is 0.0780. The Bertz CT molecular complexity index is 1580. The highest BCUT2D eigenvalue weighted by Crippen LogP contribution is 2.34. The number of hydrogen-bond acceptors (Lipinski definition) is 6. The standard InChI is InChI=1S/C21H12Cl2N2O5S2/c22-15-10-19(31-20(15)23)32(27,28)25-21(26)17-9-12-8-13(1-3-16(12)24-17)30-14-2-4-18-11(7-14)5-6-29-18/h1-10,24H,(H,25,26). The van der Waals surface area contributed by atoms with Gasteiger partial charge in [-0.15, -0.1) is 11.3 Å². The molecule has 11 heteroatoms. The van der Waals surface area contributed by atoms with E-state index in [9.17, 15) is 13.2 Å². The topological polar surface area (TPSA) is 101 Å². The molecule has 0 aliphatic heterocycles. The summed E-state index contributed by atoms with van der Waals surface area (Å²) in [5.74, 6) is 0.377. The lowest BCUT2D eigenvalue weighted by atomic mass is 10.2. The van der Waals surface area contributed by atoms with Gasteiger partial charge in [0.15, 0.2) is 0 Å². The fourth-order valence-electron chi connectivity index (χ4n) is 3.13. The number of H-pyrrole nitrogens is 1. The second-order valence-corrected chi connectivity index (χ2v) is 10.7. The van der Waals surface area contributed by atoms with E-state index in [1.54, 1.807) is 36.6 Å². The zero-order valence-corrected chi connectivity index (χ0v) is 19.0. The molecule has 162 valence electrons. The van der Waals surface area contributed by atoms with E-state index in [1.165, 1.54) is 6.07 Å². The molecular formula is C21H12Cl2N2O5S2. The first-order valence-corrected chi connectivity index (χ1v) is 12.1. The van der Waals surface area contributed by atoms with E-state index in [4.69, 9.17) is 32.4 Å². The van der Waals surface area contributed by atoms with E-state index < -0.39 is 15.9 Å². The van der Waals surface area contributed by atoms with Crippen LogP contribution in [-0.4, -0.2) is 19.3 Å². The van der Waals surface area contributed by atoms with Crippen molar-refractivity contribution in [3.63, 3.8) is 0 Å². The number of thiophene rings is 1. The number of ether oxygens (including phenoxy) is 1. The number of nitrogens with one attached hydrogen (secondary N) is 2. The fraction of sp³-hybridized carbons (Fsp3) is 0. The van der Waals surface area contributed by atoms with Crippen molar-refractivity contribution in [3.05, 3.63) is 75.9 Å². The first-order chi connectivity index (χ1) is 15.3. The monoisotopic (exact) mass is 506 g/mol. The van der Waals surface area contributed by atoms with Crippen LogP contribution in [0.1, 0.15) is 10.5 Å². The number of sulfonamides is 1. The summed E-state index contributed by atoms with van der Waals surface area (Å²) in [5.41, 5.74) is 1.48. The number of carbonyl (C=O) groups is 1. The van der Waals surface area contributed by atoms with Gasteiger partial charge in [0.1, 0.15) is 31.3 Å². The molecule has 0 saturated heterocycles. The number of amides is 1. The third-order valence-corrected chi connectivity index (χ3v) is 8.28. The van der Waals surface area contributed by atoms with E-state index in [-0.39, 0.29) is 19.3 Å². The Morgan fingerprint density at radius 2 is 1.75 bits per heavy atom. The van der Waals surface area contributed by atoms with E-state index in [0.717, 1.165) is 22.3 Å². The zero-order chi connectivity index (χ0) is 22.5. The Hall–Kier alpha value is -2.98. The van der Waals surface area contributed by atoms with Crippen molar-refractivity contribution in [1.82, 2.24) is 9.71 Å². The largest absolute Gasteiger partial charge is 0.464 e. The highest BCUT2D eigenvalue weighted by Gasteiger charge is 2.23. The summed E-state index contributed by atoms with van der Waals surface area (Å²) < 4.78 is 38.1. The average Bonchev–Trinajstić information content (AvgIpc) is 3.46. The predicted molar refractivity (Wildman–Crippen MR) is 124 cm³/mol. The maximum Gasteiger partial charge on any atom is 0.281 e. The average molecular weight is 507 g/mol. The van der Waals surface area contributed by atoms with E-state index in [0.29, 0.717) is 22.4 Å². The second-order valence-electron chi connectivity index (χ2n) is 6.78. The third kappa shape index (κ3) is 3.95. The lowest BCUT2D eigenvalue weighted by molar-refractivity contribution is 0.0977. The number of furan rings is 1. The van der Waals surface area contributed by atoms with Crippen molar-refractivity contribution in [2.45, 2.75) is 4.21 Å². The molecule has 0 aliphatic carbocycles. The number of carbonyl (C=O) groups excluding carboxylic acids is 1. The number of hydrogen-bond donors (Lipinski definition) is 2. The molecule has 2 N–H and O–H groups in total. The van der Waals surface area contributed by atoms with Crippen LogP contribution < -0.4 is 9.46 Å². The van der Waals surface area contributed by atoms with Crippen molar-refractivity contribution >= 4 is 72.3 Å². The maximum atomic E-state index is 12.5. The van der Waals surface area contributed by atoms with Gasteiger partial charge in [0.05, 0.1) is 11.3 Å². The Morgan fingerprint density at radius 1 is 1.00 bits per heavy atom. The van der Waals surface area contributed by atoms with Crippen LogP contribution in [0.2, 0.25) is 9.36 Å². The van der Waals surface area contributed by atoms with Crippen molar-refractivity contribution in [1.29, 1.82) is 0 Å². The van der Waals surface area contributed by atoms with Gasteiger partial charge in [-0.2, -0.15) is 0 Å². The molecule has 5 rings (SSSR count). The summed E-state index contributed by atoms with van der Waals surface area (Å²) >= 11 is 12.4. The fourth-order valence-corrected chi connectivity index (χ4v) is 5.97. The van der Waals surface area contributed by atoms with E-state index in [1.807, 2.05) is 22.9 Å². The zero-order valence-electron chi connectivity index (χ0n) is 15.9. The van der Waals surface area contributed by atoms with Crippen LogP contribution in [0, 0.1) is 0 Å². The van der Waals surface area contributed by atoms with Crippen molar-refractivity contribution in [2.75, 3.05) is 0 Å². The quantitative estimate of drug-likeness (QED) is 0.295. The highest BCUT2D eigenvalue weighted by atomic mass is 35.5. The summed E-state index contributed by atoms with van der Waals surface area (Å²) in [6.45, 7) is 0. The minimum atomic E-state index is -4.11. The van der Waals surface area contributed by atoms with Gasteiger partial charge in [-0.05, 0) is 54.6 Å². The molecule has 0 unspecified atom stereocenters. The smallest absolute Gasteiger partial charge is 0.281 e. The number of aromatic nitrogens is 1. The van der Waals surface area contributed by atoms with Gasteiger partial charge in [0.2, 0.25) is 0 Å². The van der Waals surface area contributed by atoms with Crippen LogP contribution in [0.25, 0.3) is 21.9 Å². The molecule has 0 bridgehead atoms. The molecule has 0 fully saturated rings. The number of fused-ring (bicyclic) bond motifs is 2. The summed E-state index contributed by atoms with van der Waals surface area (Å²) in [4.78, 5) is 15.5. The summed E-state index contributed by atoms with van der Waals surface area (Å²) in [6.07, 6.45) is 1.61. The molecule has 1 amide bonds. The highest BCUT2D eigenvalue weighted by molar-refractivity contribution is 7.92. The Labute approximate surface area is 195 Å². The number of aromatic amines is 1. The van der Waals surface area contributed by atoms with Gasteiger partial charge < -0.3 is 14.1 Å². The van der Waals surface area contributed by atoms with Gasteiger partial charge in [-0.3, -0.25) is 4.79 Å². The van der Waals surface area contributed by atoms with Gasteiger partial charge >= 0.3 is 0 Å². The van der Waals surface area contributed by atoms with Crippen LogP contribution in [0.3, 0.4) is 0 Å². The predicted octanol–water partition coefficient (Wildman–Crippen LogP) is 6.19. The lowest BCUT2D eigenvalue weighted by Crippen LogP contribution is -2.30. The van der Waals surface area contributed by atoms with E-state index in [2.05, 4.69) is 4.98 Å². The van der Waals surface area contributed by atoms with Crippen LogP contribution in [0.5, 0.6) is 11.5 Å². The molecular weight excluding hydrogens is 495 g/mol. The molecule has 3 heterocycles. The molecule has 32 heavy (non-hydrogen) atoms. The molecule has 7 nitrogen and oxygen atoms in total. The Balaban J connectivity index is 1.37. The minimum Gasteiger partial charge on any atom is -0.464 e. The summed E-state index contributed by atoms with van der Waals surface area (Å²) in [6, 6.07) is 15.3. The van der Waals surface area contributed by atoms with Crippen molar-refractivity contribution < 1.29 is 22.4 Å². The molecule has 0 spiro atoms. The van der Waals surface area contributed by atoms with Gasteiger partial charge in [0.25, 0.3) is 15.9 Å². The Kier molecular flexibility index (Phi) is 5.13. The van der Waals surface area contributed by atoms with Crippen molar-refractivity contribution in [3.8, 4) is 11.5 Å². The molecule has 0 atom stereocenters. The number of halogens is 2. The summed E-state index contributed by atoms with van der Waals surface area (Å²) in [5, 5.41) is 1.70. The van der Waals surface area contributed by atoms with Crippen molar-refractivity contribution in [2.24, 2.45) is 0 Å². The lowest BCUT2D eigenvalue weighted by Gasteiger charge is -2.05. The van der Waals surface area contributed by atoms with Crippen LogP contribution in [0.15, 0.2) is 69.5 Å². The van der Waals surface area contributed by atoms with Crippen LogP contribution >= 0.6 is 34.5 Å². The second kappa shape index (κ2) is 7.86. The molecule has 3 aromatic heterocycles. The van der Waals surface area contributed by atoms with Gasteiger partial charge in [-0.25, -0.2) is 13.1 Å². The first kappa shape index (κ1) is 20.9. The SMILES string of the molecule is O=C(NS(=O)(=O)c1cc(Cl)c(Cl)s1)c1cc2cc(Oc3ccc4occc4c3)ccc2[nH]1. The van der Waals surface area contributed by atoms with Crippen LogP contribution in [0.4, 0.5) is 0 Å². The summed E-state index contributed by atoms with van der Waals surface area (Å²) in [7, 11) is -4.11. The normalized spacial score (nSPS) is 11.8. The number of rotatable bonds is 5.